The van der Waals surface area contributed by atoms with Crippen molar-refractivity contribution in [2.75, 3.05) is 39.5 Å². The molecule has 0 saturated heterocycles. The summed E-state index contributed by atoms with van der Waals surface area (Å²) in [6.07, 6.45) is 20.9. The van der Waals surface area contributed by atoms with Gasteiger partial charge in [0.05, 0.1) is 39.5 Å². The monoisotopic (exact) mass is 625 g/mol. The highest BCUT2D eigenvalue weighted by atomic mass is 16.5. The van der Waals surface area contributed by atoms with Gasteiger partial charge < -0.3 is 14.2 Å². The molecule has 1 aliphatic carbocycles. The second-order valence-electron chi connectivity index (χ2n) is 12.4. The maximum absolute atomic E-state index is 12.9. The first-order chi connectivity index (χ1) is 21.9. The molecule has 0 aliphatic heterocycles. The summed E-state index contributed by atoms with van der Waals surface area (Å²) in [7, 11) is 0. The summed E-state index contributed by atoms with van der Waals surface area (Å²) in [6, 6.07) is 0. The number of hydrogen-bond donors (Lipinski definition) is 0. The fourth-order valence-corrected chi connectivity index (χ4v) is 5.93. The molecular weight excluding hydrogens is 562 g/mol. The molecule has 1 rings (SSSR count). The van der Waals surface area contributed by atoms with E-state index in [4.69, 9.17) is 14.2 Å². The van der Waals surface area contributed by atoms with Gasteiger partial charge in [0.2, 0.25) is 0 Å². The maximum Gasteiger partial charge on any atom is 0.320 e. The Labute approximate surface area is 275 Å². The standard InChI is InChI=1S/C39H63NO5/c1-7-13-15-17-19-21-26-43-35(10-4)29-40(31-39(42)44-27-22-20-18-16-14-8-2)30-36(11-5)45-32-34-25-24-33(23-9-3)28-37(34)38(41)12-6/h9,12,33-34,37H,3-8,13-32H2,1-2H3/t33-,34-,37?/m0/s1. The first-order valence-corrected chi connectivity index (χ1v) is 17.6. The van der Waals surface area contributed by atoms with E-state index in [-0.39, 0.29) is 30.1 Å². The molecule has 1 fully saturated rings. The molecule has 6 heteroatoms. The Kier molecular flexibility index (Phi) is 23.6. The molecule has 0 heterocycles. The molecular formula is C39H63NO5. The van der Waals surface area contributed by atoms with Gasteiger partial charge in [-0.2, -0.15) is 0 Å². The number of ketones is 1. The van der Waals surface area contributed by atoms with Crippen LogP contribution < -0.4 is 0 Å². The van der Waals surface area contributed by atoms with Gasteiger partial charge in [-0.25, -0.2) is 0 Å². The number of unbranched alkanes of at least 4 members (excludes halogenated alkanes) is 10. The van der Waals surface area contributed by atoms with Crippen LogP contribution in [0.4, 0.5) is 0 Å². The number of carbonyl (C=O) groups is 2. The van der Waals surface area contributed by atoms with Crippen LogP contribution in [-0.4, -0.2) is 56.1 Å². The van der Waals surface area contributed by atoms with E-state index in [9.17, 15) is 9.59 Å². The lowest BCUT2D eigenvalue weighted by atomic mass is 9.71. The summed E-state index contributed by atoms with van der Waals surface area (Å²) in [4.78, 5) is 27.5. The van der Waals surface area contributed by atoms with Crippen molar-refractivity contribution in [3.05, 3.63) is 61.4 Å². The van der Waals surface area contributed by atoms with Crippen LogP contribution in [0.5, 0.6) is 0 Å². The lowest BCUT2D eigenvalue weighted by Gasteiger charge is -2.34. The van der Waals surface area contributed by atoms with Crippen molar-refractivity contribution in [2.24, 2.45) is 17.8 Å². The van der Waals surface area contributed by atoms with E-state index in [1.165, 1.54) is 57.4 Å². The van der Waals surface area contributed by atoms with Gasteiger partial charge in [-0.15, -0.1) is 6.58 Å². The van der Waals surface area contributed by atoms with E-state index in [0.717, 1.165) is 51.4 Å². The van der Waals surface area contributed by atoms with Gasteiger partial charge in [0.1, 0.15) is 0 Å². The largest absolute Gasteiger partial charge is 0.489 e. The summed E-state index contributed by atoms with van der Waals surface area (Å²) in [5, 5.41) is 0. The van der Waals surface area contributed by atoms with Crippen molar-refractivity contribution in [3.63, 3.8) is 0 Å². The van der Waals surface area contributed by atoms with E-state index in [1.807, 2.05) is 11.0 Å². The summed E-state index contributed by atoms with van der Waals surface area (Å²) in [5.74, 6) is 1.32. The molecule has 254 valence electrons. The van der Waals surface area contributed by atoms with Crippen LogP contribution in [0, 0.1) is 17.8 Å². The highest BCUT2D eigenvalue weighted by molar-refractivity contribution is 5.91. The van der Waals surface area contributed by atoms with Gasteiger partial charge in [-0.05, 0) is 50.5 Å². The highest BCUT2D eigenvalue weighted by Crippen LogP contribution is 2.37. The lowest BCUT2D eigenvalue weighted by Crippen LogP contribution is -2.36. The van der Waals surface area contributed by atoms with Crippen LogP contribution in [0.3, 0.4) is 0 Å². The number of hydrogen-bond acceptors (Lipinski definition) is 6. The first kappa shape index (κ1) is 40.2. The number of rotatable bonds is 28. The van der Waals surface area contributed by atoms with Crippen molar-refractivity contribution < 1.29 is 23.8 Å². The van der Waals surface area contributed by atoms with Crippen LogP contribution >= 0.6 is 0 Å². The van der Waals surface area contributed by atoms with E-state index in [0.29, 0.717) is 50.3 Å². The van der Waals surface area contributed by atoms with Crippen molar-refractivity contribution in [2.45, 2.75) is 117 Å². The lowest BCUT2D eigenvalue weighted by molar-refractivity contribution is -0.145. The Hall–Kier alpha value is -2.78. The van der Waals surface area contributed by atoms with Crippen LogP contribution in [0.15, 0.2) is 61.4 Å². The van der Waals surface area contributed by atoms with Gasteiger partial charge in [0.15, 0.2) is 17.3 Å². The zero-order valence-corrected chi connectivity index (χ0v) is 28.8. The van der Waals surface area contributed by atoms with Crippen molar-refractivity contribution >= 4 is 11.8 Å². The Morgan fingerprint density at radius 2 is 1.31 bits per heavy atom. The van der Waals surface area contributed by atoms with E-state index < -0.39 is 0 Å². The van der Waals surface area contributed by atoms with Crippen LogP contribution in [0.2, 0.25) is 0 Å². The molecule has 6 nitrogen and oxygen atoms in total. The van der Waals surface area contributed by atoms with E-state index >= 15 is 0 Å². The van der Waals surface area contributed by atoms with Crippen molar-refractivity contribution in [3.8, 4) is 0 Å². The molecule has 0 radical (unpaired) electrons. The van der Waals surface area contributed by atoms with Gasteiger partial charge in [-0.3, -0.25) is 14.5 Å². The minimum absolute atomic E-state index is 0.0690. The predicted octanol–water partition coefficient (Wildman–Crippen LogP) is 9.29. The first-order valence-electron chi connectivity index (χ1n) is 17.6. The minimum atomic E-state index is -0.288. The topological polar surface area (TPSA) is 65.1 Å². The highest BCUT2D eigenvalue weighted by Gasteiger charge is 2.34. The third-order valence-corrected chi connectivity index (χ3v) is 8.66. The molecule has 0 bridgehead atoms. The Morgan fingerprint density at radius 1 is 0.756 bits per heavy atom. The third kappa shape index (κ3) is 18.7. The van der Waals surface area contributed by atoms with Crippen LogP contribution in [0.25, 0.3) is 0 Å². The molecule has 45 heavy (non-hydrogen) atoms. The fraction of sp³-hybridized carbons (Fsp3) is 0.692. The fourth-order valence-electron chi connectivity index (χ4n) is 5.93. The molecule has 3 atom stereocenters. The summed E-state index contributed by atoms with van der Waals surface area (Å²) >= 11 is 0. The Balaban J connectivity index is 2.80. The van der Waals surface area contributed by atoms with Gasteiger partial charge >= 0.3 is 5.97 Å². The van der Waals surface area contributed by atoms with Crippen molar-refractivity contribution in [1.82, 2.24) is 4.90 Å². The third-order valence-electron chi connectivity index (χ3n) is 8.66. The zero-order valence-electron chi connectivity index (χ0n) is 28.8. The molecule has 0 aromatic heterocycles. The maximum atomic E-state index is 12.9. The second kappa shape index (κ2) is 26.4. The molecule has 0 aromatic rings. The van der Waals surface area contributed by atoms with Gasteiger partial charge in [-0.1, -0.05) is 115 Å². The predicted molar refractivity (Wildman–Crippen MR) is 186 cm³/mol. The molecule has 1 saturated carbocycles. The number of carbonyl (C=O) groups excluding carboxylic acids is 2. The van der Waals surface area contributed by atoms with E-state index in [2.05, 4.69) is 51.6 Å². The average molecular weight is 626 g/mol. The van der Waals surface area contributed by atoms with Crippen LogP contribution in [0.1, 0.15) is 117 Å². The van der Waals surface area contributed by atoms with Gasteiger partial charge in [0, 0.05) is 11.8 Å². The van der Waals surface area contributed by atoms with Crippen LogP contribution in [-0.2, 0) is 23.8 Å². The average Bonchev–Trinajstić information content (AvgIpc) is 3.05. The summed E-state index contributed by atoms with van der Waals surface area (Å²) in [6.45, 7) is 21.8. The summed E-state index contributed by atoms with van der Waals surface area (Å²) in [5.41, 5.74) is 5.84. The second-order valence-corrected chi connectivity index (χ2v) is 12.4. The van der Waals surface area contributed by atoms with E-state index in [1.54, 1.807) is 0 Å². The number of nitrogens with zero attached hydrogens (tertiary/aromatic N) is 1. The molecule has 1 unspecified atom stereocenters. The zero-order chi connectivity index (χ0) is 33.1. The molecule has 0 aromatic carbocycles. The number of esters is 1. The van der Waals surface area contributed by atoms with Crippen molar-refractivity contribution in [1.29, 1.82) is 0 Å². The molecule has 0 amide bonds. The normalized spacial score (nSPS) is 17.5. The van der Waals surface area contributed by atoms with Gasteiger partial charge in [0.25, 0.3) is 0 Å². The minimum Gasteiger partial charge on any atom is -0.489 e. The Morgan fingerprint density at radius 3 is 1.87 bits per heavy atom. The SMILES string of the molecule is C=C=C(CN(CC(=O)OCCCCCCCC)CC(=C=C)OC[C@@H]1CC[C@H](CC=C)CC1C(=O)C=C)OCCCCCCCC. The number of ether oxygens (including phenoxy) is 3. The smallest absolute Gasteiger partial charge is 0.320 e. The summed E-state index contributed by atoms with van der Waals surface area (Å²) < 4.78 is 17.8. The number of allylic oxidation sites excluding steroid dienone is 2. The molecule has 0 spiro atoms. The molecule has 1 aliphatic rings. The Bertz CT molecular complexity index is 958. The quantitative estimate of drug-likeness (QED) is 0.0216. The molecule has 0 N–H and O–H groups in total.